The maximum atomic E-state index is 6.57. The molecule has 3 heteroatoms. The van der Waals surface area contributed by atoms with Crippen molar-refractivity contribution in [2.75, 3.05) is 0 Å². The van der Waals surface area contributed by atoms with Crippen LogP contribution in [0.1, 0.15) is 0 Å². The molecular formula is C20H12ClOP. The van der Waals surface area contributed by atoms with Crippen molar-refractivity contribution in [2.24, 2.45) is 0 Å². The lowest BCUT2D eigenvalue weighted by atomic mass is 9.93. The summed E-state index contributed by atoms with van der Waals surface area (Å²) in [5.74, 6) is 0.883. The summed E-state index contributed by atoms with van der Waals surface area (Å²) >= 11 is 6.57. The zero-order valence-corrected chi connectivity index (χ0v) is 13.8. The van der Waals surface area contributed by atoms with E-state index in [0.717, 1.165) is 16.6 Å². The van der Waals surface area contributed by atoms with Gasteiger partial charge in [-0.3, -0.25) is 0 Å². The van der Waals surface area contributed by atoms with Crippen LogP contribution in [0.5, 0.6) is 5.75 Å². The molecule has 0 N–H and O–H groups in total. The predicted molar refractivity (Wildman–Crippen MR) is 99.9 cm³/mol. The van der Waals surface area contributed by atoms with E-state index in [2.05, 4.69) is 66.7 Å². The van der Waals surface area contributed by atoms with Gasteiger partial charge >= 0.3 is 0 Å². The Morgan fingerprint density at radius 3 is 2.00 bits per heavy atom. The van der Waals surface area contributed by atoms with Crippen molar-refractivity contribution in [1.82, 2.24) is 0 Å². The smallest absolute Gasteiger partial charge is 0.215 e. The molecule has 0 radical (unpaired) electrons. The van der Waals surface area contributed by atoms with E-state index in [4.69, 9.17) is 15.8 Å². The van der Waals surface area contributed by atoms with Crippen LogP contribution in [0.15, 0.2) is 72.8 Å². The second-order valence-corrected chi connectivity index (χ2v) is 7.75. The molecule has 1 aliphatic rings. The van der Waals surface area contributed by atoms with Crippen LogP contribution in [-0.4, -0.2) is 0 Å². The number of fused-ring (bicyclic) bond motifs is 7. The number of rotatable bonds is 0. The highest BCUT2D eigenvalue weighted by molar-refractivity contribution is 7.86. The van der Waals surface area contributed by atoms with Crippen LogP contribution in [0.25, 0.3) is 32.7 Å². The van der Waals surface area contributed by atoms with E-state index < -0.39 is 7.50 Å². The van der Waals surface area contributed by atoms with Gasteiger partial charge in [-0.25, -0.2) is 0 Å². The molecule has 1 atom stereocenters. The predicted octanol–water partition coefficient (Wildman–Crippen LogP) is 6.23. The first-order valence-electron chi connectivity index (χ1n) is 7.51. The summed E-state index contributed by atoms with van der Waals surface area (Å²) in [5, 5.41) is 5.99. The van der Waals surface area contributed by atoms with Gasteiger partial charge in [0.1, 0.15) is 5.75 Å². The molecule has 23 heavy (non-hydrogen) atoms. The van der Waals surface area contributed by atoms with Crippen LogP contribution >= 0.6 is 18.7 Å². The molecule has 0 spiro atoms. The highest BCUT2D eigenvalue weighted by Crippen LogP contribution is 2.54. The minimum Gasteiger partial charge on any atom is -0.453 e. The minimum absolute atomic E-state index is 0.883. The molecule has 0 aliphatic carbocycles. The molecule has 1 heterocycles. The summed E-state index contributed by atoms with van der Waals surface area (Å²) in [6, 6.07) is 25.3. The second kappa shape index (κ2) is 4.96. The van der Waals surface area contributed by atoms with Crippen LogP contribution in [-0.2, 0) is 0 Å². The van der Waals surface area contributed by atoms with Crippen LogP contribution in [0, 0.1) is 0 Å². The average Bonchev–Trinajstić information content (AvgIpc) is 2.61. The first-order valence-corrected chi connectivity index (χ1v) is 9.67. The normalized spacial score (nSPS) is 16.0. The lowest BCUT2D eigenvalue weighted by Gasteiger charge is -2.26. The quantitative estimate of drug-likeness (QED) is 0.346. The standard InChI is InChI=1S/C20H12ClOP/c21-23-18-12-10-14-6-2-4-8-16(14)20(18)19-15-7-3-1-5-13(15)9-11-17(19)22-23/h1-12H. The van der Waals surface area contributed by atoms with E-state index in [1.807, 2.05) is 6.07 Å². The third-order valence-corrected chi connectivity index (χ3v) is 6.28. The molecule has 5 rings (SSSR count). The zero-order chi connectivity index (χ0) is 15.4. The van der Waals surface area contributed by atoms with Crippen molar-refractivity contribution < 1.29 is 4.52 Å². The van der Waals surface area contributed by atoms with E-state index in [0.29, 0.717) is 0 Å². The Hall–Kier alpha value is -2.08. The van der Waals surface area contributed by atoms with Gasteiger partial charge in [0, 0.05) is 16.4 Å². The lowest BCUT2D eigenvalue weighted by Crippen LogP contribution is -2.12. The third kappa shape index (κ3) is 1.91. The van der Waals surface area contributed by atoms with E-state index in [9.17, 15) is 0 Å². The van der Waals surface area contributed by atoms with Gasteiger partial charge in [0.15, 0.2) is 0 Å². The maximum Gasteiger partial charge on any atom is 0.215 e. The average molecular weight is 335 g/mol. The van der Waals surface area contributed by atoms with E-state index >= 15 is 0 Å². The molecule has 0 saturated heterocycles. The molecular weight excluding hydrogens is 323 g/mol. The maximum absolute atomic E-state index is 6.57. The zero-order valence-electron chi connectivity index (χ0n) is 12.2. The van der Waals surface area contributed by atoms with Crippen molar-refractivity contribution in [2.45, 2.75) is 0 Å². The Kier molecular flexibility index (Phi) is 2.88. The summed E-state index contributed by atoms with van der Waals surface area (Å²) in [7, 11) is -1.15. The van der Waals surface area contributed by atoms with Gasteiger partial charge < -0.3 is 4.52 Å². The van der Waals surface area contributed by atoms with Crippen molar-refractivity contribution in [3.8, 4) is 16.9 Å². The largest absolute Gasteiger partial charge is 0.453 e. The number of hydrogen-bond donors (Lipinski definition) is 0. The first-order chi connectivity index (χ1) is 11.3. The van der Waals surface area contributed by atoms with Crippen LogP contribution in [0.3, 0.4) is 0 Å². The first kappa shape index (κ1) is 13.4. The Morgan fingerprint density at radius 2 is 1.26 bits per heavy atom. The van der Waals surface area contributed by atoms with Crippen molar-refractivity contribution in [3.63, 3.8) is 0 Å². The third-order valence-electron chi connectivity index (χ3n) is 4.42. The summed E-state index contributed by atoms with van der Waals surface area (Å²) in [5.41, 5.74) is 2.39. The monoisotopic (exact) mass is 334 g/mol. The number of hydrogen-bond acceptors (Lipinski definition) is 1. The van der Waals surface area contributed by atoms with Crippen LogP contribution in [0.2, 0.25) is 0 Å². The Bertz CT molecular complexity index is 1070. The Labute approximate surface area is 140 Å². The van der Waals surface area contributed by atoms with Crippen LogP contribution in [0.4, 0.5) is 0 Å². The fourth-order valence-corrected chi connectivity index (χ4v) is 5.06. The highest BCUT2D eigenvalue weighted by Gasteiger charge is 2.28. The number of benzene rings is 4. The van der Waals surface area contributed by atoms with E-state index in [1.165, 1.54) is 27.1 Å². The van der Waals surface area contributed by atoms with Gasteiger partial charge in [-0.2, -0.15) is 0 Å². The fourth-order valence-electron chi connectivity index (χ4n) is 3.39. The summed E-state index contributed by atoms with van der Waals surface area (Å²) in [6.45, 7) is 0. The molecule has 0 fully saturated rings. The van der Waals surface area contributed by atoms with Gasteiger partial charge in [0.05, 0.1) is 0 Å². The van der Waals surface area contributed by atoms with Gasteiger partial charge in [-0.05, 0) is 44.9 Å². The van der Waals surface area contributed by atoms with E-state index in [-0.39, 0.29) is 0 Å². The molecule has 1 aliphatic heterocycles. The van der Waals surface area contributed by atoms with Crippen molar-refractivity contribution >= 4 is 45.6 Å². The van der Waals surface area contributed by atoms with Gasteiger partial charge in [0.2, 0.25) is 7.50 Å². The van der Waals surface area contributed by atoms with Gasteiger partial charge in [-0.15, -0.1) is 0 Å². The molecule has 1 nitrogen and oxygen atoms in total. The minimum atomic E-state index is -1.15. The molecule has 4 aromatic rings. The Balaban J connectivity index is 2.01. The molecule has 0 amide bonds. The summed E-state index contributed by atoms with van der Waals surface area (Å²) < 4.78 is 6.05. The van der Waals surface area contributed by atoms with Crippen molar-refractivity contribution in [1.29, 1.82) is 0 Å². The topological polar surface area (TPSA) is 9.23 Å². The highest BCUT2D eigenvalue weighted by atomic mass is 35.7. The lowest BCUT2D eigenvalue weighted by molar-refractivity contribution is 0.634. The fraction of sp³-hybridized carbons (Fsp3) is 0. The molecule has 0 aromatic heterocycles. The SMILES string of the molecule is ClP1Oc2ccc3ccccc3c2-c2c1ccc1ccccc21. The molecule has 4 aromatic carbocycles. The van der Waals surface area contributed by atoms with E-state index in [1.54, 1.807) is 0 Å². The van der Waals surface area contributed by atoms with Gasteiger partial charge in [-0.1, -0.05) is 60.7 Å². The molecule has 0 bridgehead atoms. The summed E-state index contributed by atoms with van der Waals surface area (Å²) in [4.78, 5) is 0. The van der Waals surface area contributed by atoms with Crippen LogP contribution < -0.4 is 9.83 Å². The second-order valence-electron chi connectivity index (χ2n) is 5.68. The Morgan fingerprint density at radius 1 is 0.652 bits per heavy atom. The van der Waals surface area contributed by atoms with Crippen molar-refractivity contribution in [3.05, 3.63) is 72.8 Å². The summed E-state index contributed by atoms with van der Waals surface area (Å²) in [6.07, 6.45) is 0. The molecule has 0 saturated carbocycles. The van der Waals surface area contributed by atoms with Gasteiger partial charge in [0.25, 0.3) is 0 Å². The number of halogens is 1. The molecule has 110 valence electrons. The molecule has 1 unspecified atom stereocenters.